The van der Waals surface area contributed by atoms with Crippen molar-refractivity contribution in [3.8, 4) is 0 Å². The third-order valence-electron chi connectivity index (χ3n) is 4.56. The molecule has 3 rings (SSSR count). The van der Waals surface area contributed by atoms with Crippen LogP contribution in [0.2, 0.25) is 0 Å². The summed E-state index contributed by atoms with van der Waals surface area (Å²) in [5.74, 6) is -1.81. The molecule has 1 aromatic rings. The van der Waals surface area contributed by atoms with Crippen molar-refractivity contribution >= 4 is 23.2 Å². The number of carboxylic acids is 1. The lowest BCUT2D eigenvalue weighted by Crippen LogP contribution is -2.40. The molecule has 0 spiro atoms. The SMILES string of the molecule is CC(C)CN1CC[C@@H]2[C@@H]1CCN2C(=O)c1ccsc1.O=C(O)C(F)(F)F. The minimum atomic E-state index is -5.08. The lowest BCUT2D eigenvalue weighted by Gasteiger charge is -2.26. The molecular weight excluding hydrogens is 369 g/mol. The van der Waals surface area contributed by atoms with E-state index in [2.05, 4.69) is 23.6 Å². The van der Waals surface area contributed by atoms with Crippen molar-refractivity contribution in [3.05, 3.63) is 22.4 Å². The molecule has 0 bridgehead atoms. The van der Waals surface area contributed by atoms with Crippen molar-refractivity contribution in [2.45, 2.75) is 44.9 Å². The number of carbonyl (C=O) groups excluding carboxylic acids is 1. The molecule has 146 valence electrons. The van der Waals surface area contributed by atoms with Crippen LogP contribution in [0.25, 0.3) is 0 Å². The van der Waals surface area contributed by atoms with Crippen LogP contribution in [0.3, 0.4) is 0 Å². The zero-order valence-electron chi connectivity index (χ0n) is 14.7. The predicted octanol–water partition coefficient (Wildman–Crippen LogP) is 3.33. The summed E-state index contributed by atoms with van der Waals surface area (Å²) in [6.45, 7) is 7.80. The first kappa shape index (κ1) is 20.7. The number of halogens is 3. The third-order valence-corrected chi connectivity index (χ3v) is 5.25. The number of likely N-dealkylation sites (tertiary alicyclic amines) is 2. The van der Waals surface area contributed by atoms with Gasteiger partial charge in [-0.2, -0.15) is 24.5 Å². The zero-order valence-corrected chi connectivity index (χ0v) is 15.5. The van der Waals surface area contributed by atoms with Crippen LogP contribution in [0.4, 0.5) is 13.2 Å². The van der Waals surface area contributed by atoms with Gasteiger partial charge in [0.1, 0.15) is 0 Å². The first-order valence-corrected chi connectivity index (χ1v) is 9.43. The molecule has 1 N–H and O–H groups in total. The molecule has 2 atom stereocenters. The van der Waals surface area contributed by atoms with Crippen LogP contribution in [0, 0.1) is 5.92 Å². The predicted molar refractivity (Wildman–Crippen MR) is 92.3 cm³/mol. The van der Waals surface area contributed by atoms with Crippen LogP contribution in [-0.4, -0.2) is 64.7 Å². The number of nitrogens with zero attached hydrogens (tertiary/aromatic N) is 2. The molecule has 2 saturated heterocycles. The monoisotopic (exact) mass is 392 g/mol. The second-order valence-corrected chi connectivity index (χ2v) is 7.69. The van der Waals surface area contributed by atoms with Crippen molar-refractivity contribution in [1.82, 2.24) is 9.80 Å². The molecule has 0 aliphatic carbocycles. The molecule has 0 aromatic carbocycles. The van der Waals surface area contributed by atoms with Crippen LogP contribution < -0.4 is 0 Å². The summed E-state index contributed by atoms with van der Waals surface area (Å²) in [5.41, 5.74) is 0.868. The van der Waals surface area contributed by atoms with E-state index in [-0.39, 0.29) is 5.91 Å². The standard InChI is InChI=1S/C15H22N2OS.C2HF3O2/c1-11(2)9-16-6-3-14-13(16)4-7-17(14)15(18)12-5-8-19-10-12;3-2(4,5)1(6)7/h5,8,10-11,13-14H,3-4,6-7,9H2,1-2H3;(H,6,7)/t13-,14+;/m0./s1. The Morgan fingerprint density at radius 1 is 1.27 bits per heavy atom. The Morgan fingerprint density at radius 2 is 1.88 bits per heavy atom. The van der Waals surface area contributed by atoms with Gasteiger partial charge in [-0.25, -0.2) is 4.79 Å². The average molecular weight is 392 g/mol. The summed E-state index contributed by atoms with van der Waals surface area (Å²) in [6, 6.07) is 3.00. The molecule has 2 fully saturated rings. The van der Waals surface area contributed by atoms with E-state index in [9.17, 15) is 18.0 Å². The Kier molecular flexibility index (Phi) is 6.68. The summed E-state index contributed by atoms with van der Waals surface area (Å²) in [7, 11) is 0. The molecule has 0 saturated carbocycles. The maximum absolute atomic E-state index is 12.5. The van der Waals surface area contributed by atoms with Crippen LogP contribution in [0.15, 0.2) is 16.8 Å². The highest BCUT2D eigenvalue weighted by Gasteiger charge is 2.44. The number of fused-ring (bicyclic) bond motifs is 1. The highest BCUT2D eigenvalue weighted by atomic mass is 32.1. The van der Waals surface area contributed by atoms with Gasteiger partial charge < -0.3 is 10.0 Å². The number of hydrogen-bond acceptors (Lipinski definition) is 4. The Hall–Kier alpha value is -1.61. The first-order valence-electron chi connectivity index (χ1n) is 8.48. The normalized spacial score (nSPS) is 22.9. The Labute approximate surface area is 154 Å². The van der Waals surface area contributed by atoms with Gasteiger partial charge in [0.05, 0.1) is 5.56 Å². The van der Waals surface area contributed by atoms with Gasteiger partial charge in [0, 0.05) is 37.1 Å². The molecule has 26 heavy (non-hydrogen) atoms. The topological polar surface area (TPSA) is 60.9 Å². The molecule has 0 unspecified atom stereocenters. The number of aliphatic carboxylic acids is 1. The molecule has 1 amide bonds. The van der Waals surface area contributed by atoms with Crippen molar-refractivity contribution in [1.29, 1.82) is 0 Å². The van der Waals surface area contributed by atoms with Gasteiger partial charge in [0.25, 0.3) is 5.91 Å². The number of carbonyl (C=O) groups is 2. The lowest BCUT2D eigenvalue weighted by atomic mass is 10.1. The van der Waals surface area contributed by atoms with Crippen LogP contribution in [0.1, 0.15) is 37.0 Å². The van der Waals surface area contributed by atoms with Gasteiger partial charge in [-0.3, -0.25) is 9.69 Å². The van der Waals surface area contributed by atoms with Gasteiger partial charge in [-0.1, -0.05) is 13.8 Å². The summed E-state index contributed by atoms with van der Waals surface area (Å²) in [4.78, 5) is 26.1. The van der Waals surface area contributed by atoms with Gasteiger partial charge in [0.15, 0.2) is 0 Å². The van der Waals surface area contributed by atoms with E-state index >= 15 is 0 Å². The highest BCUT2D eigenvalue weighted by molar-refractivity contribution is 7.08. The second-order valence-electron chi connectivity index (χ2n) is 6.91. The Balaban J connectivity index is 0.000000298. The summed E-state index contributed by atoms with van der Waals surface area (Å²) in [5, 5.41) is 11.1. The summed E-state index contributed by atoms with van der Waals surface area (Å²) >= 11 is 1.60. The number of amides is 1. The number of carboxylic acid groups (broad SMARTS) is 1. The smallest absolute Gasteiger partial charge is 0.475 e. The number of rotatable bonds is 3. The van der Waals surface area contributed by atoms with Crippen molar-refractivity contribution in [3.63, 3.8) is 0 Å². The van der Waals surface area contributed by atoms with Crippen molar-refractivity contribution < 1.29 is 27.9 Å². The highest BCUT2D eigenvalue weighted by Crippen LogP contribution is 2.33. The molecule has 3 heterocycles. The number of hydrogen-bond donors (Lipinski definition) is 1. The fraction of sp³-hybridized carbons (Fsp3) is 0.647. The molecule has 0 radical (unpaired) electrons. The Bertz CT molecular complexity index is 619. The quantitative estimate of drug-likeness (QED) is 0.857. The van der Waals surface area contributed by atoms with Crippen molar-refractivity contribution in [2.24, 2.45) is 5.92 Å². The largest absolute Gasteiger partial charge is 0.490 e. The molecule has 5 nitrogen and oxygen atoms in total. The van der Waals surface area contributed by atoms with E-state index in [1.54, 1.807) is 11.3 Å². The number of alkyl halides is 3. The van der Waals surface area contributed by atoms with Gasteiger partial charge >= 0.3 is 12.1 Å². The van der Waals surface area contributed by atoms with Crippen LogP contribution >= 0.6 is 11.3 Å². The lowest BCUT2D eigenvalue weighted by molar-refractivity contribution is -0.192. The summed E-state index contributed by atoms with van der Waals surface area (Å²) < 4.78 is 31.7. The van der Waals surface area contributed by atoms with Crippen molar-refractivity contribution in [2.75, 3.05) is 19.6 Å². The first-order chi connectivity index (χ1) is 12.1. The van der Waals surface area contributed by atoms with Gasteiger partial charge in [0.2, 0.25) is 0 Å². The van der Waals surface area contributed by atoms with E-state index in [0.717, 1.165) is 31.5 Å². The maximum atomic E-state index is 12.5. The maximum Gasteiger partial charge on any atom is 0.490 e. The molecule has 2 aliphatic heterocycles. The average Bonchev–Trinajstić information content (AvgIpc) is 3.24. The van der Waals surface area contributed by atoms with Gasteiger partial charge in [-0.05, 0) is 30.2 Å². The van der Waals surface area contributed by atoms with E-state index in [0.29, 0.717) is 18.0 Å². The fourth-order valence-electron chi connectivity index (χ4n) is 3.58. The van der Waals surface area contributed by atoms with E-state index in [4.69, 9.17) is 9.90 Å². The molecule has 2 aliphatic rings. The zero-order chi connectivity index (χ0) is 19.5. The molecular formula is C17H23F3N2O3S. The Morgan fingerprint density at radius 3 is 2.38 bits per heavy atom. The molecule has 1 aromatic heterocycles. The van der Waals surface area contributed by atoms with E-state index in [1.807, 2.05) is 16.8 Å². The minimum absolute atomic E-state index is 0.236. The van der Waals surface area contributed by atoms with Crippen LogP contribution in [-0.2, 0) is 4.79 Å². The fourth-order valence-corrected chi connectivity index (χ4v) is 4.20. The molecule has 9 heteroatoms. The summed E-state index contributed by atoms with van der Waals surface area (Å²) in [6.07, 6.45) is -2.79. The second kappa shape index (κ2) is 8.39. The number of thiophene rings is 1. The van der Waals surface area contributed by atoms with Crippen LogP contribution in [0.5, 0.6) is 0 Å². The van der Waals surface area contributed by atoms with E-state index in [1.165, 1.54) is 6.54 Å². The third kappa shape index (κ3) is 4.97. The van der Waals surface area contributed by atoms with E-state index < -0.39 is 12.1 Å². The van der Waals surface area contributed by atoms with Gasteiger partial charge in [-0.15, -0.1) is 0 Å². The minimum Gasteiger partial charge on any atom is -0.475 e.